The number of ether oxygens (including phenoxy) is 2. The van der Waals surface area contributed by atoms with Crippen LogP contribution >= 0.6 is 136 Å². The largest absolute Gasteiger partial charge is 0.538 e. The fraction of sp³-hybridized carbons (Fsp3) is 0.222. The Morgan fingerprint density at radius 2 is 1.31 bits per heavy atom. The molecular formula is C18H9F3I6NO6S-. The Bertz CT molecular complexity index is 1260. The lowest BCUT2D eigenvalue weighted by Gasteiger charge is -2.27. The average molecular weight is 1190 g/mol. The summed E-state index contributed by atoms with van der Waals surface area (Å²) in [5.41, 5.74) is -5.29. The molecule has 0 aliphatic carbocycles. The Labute approximate surface area is 280 Å². The molecule has 1 atom stereocenters. The minimum absolute atomic E-state index is 0.124. The zero-order valence-electron chi connectivity index (χ0n) is 16.5. The standard InChI is InChI=1S/C18H9F3I6NO6S/c19-18(20,21)35(31,32)28-5-9(34-17(30)11-2-8(23)4-13(25)15(11)27)6-33-16(29)10-1-7(22)3-12(24)14(10)26/h1-4,9H,5-6H2/q-1. The number of benzene rings is 2. The van der Waals surface area contributed by atoms with Crippen molar-refractivity contribution in [1.82, 2.24) is 0 Å². The molecule has 0 fully saturated rings. The molecule has 0 radical (unpaired) electrons. The van der Waals surface area contributed by atoms with Crippen molar-refractivity contribution < 1.29 is 40.7 Å². The van der Waals surface area contributed by atoms with Crippen LogP contribution in [-0.4, -0.2) is 45.1 Å². The maximum absolute atomic E-state index is 12.8. The molecule has 35 heavy (non-hydrogen) atoms. The Morgan fingerprint density at radius 1 is 0.857 bits per heavy atom. The van der Waals surface area contributed by atoms with Gasteiger partial charge in [-0.05, 0) is 160 Å². The van der Waals surface area contributed by atoms with Gasteiger partial charge in [-0.15, -0.1) is 0 Å². The van der Waals surface area contributed by atoms with E-state index in [1.165, 1.54) is 6.07 Å². The van der Waals surface area contributed by atoms with Gasteiger partial charge in [-0.25, -0.2) is 18.0 Å². The minimum Gasteiger partial charge on any atom is -0.538 e. The molecule has 0 heterocycles. The van der Waals surface area contributed by atoms with Crippen molar-refractivity contribution >= 4 is 158 Å². The van der Waals surface area contributed by atoms with Crippen molar-refractivity contribution in [3.8, 4) is 0 Å². The molecule has 17 heteroatoms. The van der Waals surface area contributed by atoms with E-state index in [-0.39, 0.29) is 11.1 Å². The van der Waals surface area contributed by atoms with E-state index < -0.39 is 46.7 Å². The van der Waals surface area contributed by atoms with Crippen LogP contribution in [0.1, 0.15) is 20.7 Å². The van der Waals surface area contributed by atoms with Gasteiger partial charge in [0.1, 0.15) is 12.7 Å². The van der Waals surface area contributed by atoms with Gasteiger partial charge in [0.2, 0.25) is 0 Å². The molecule has 0 aliphatic heterocycles. The summed E-state index contributed by atoms with van der Waals surface area (Å²) in [6.07, 6.45) is -1.59. The van der Waals surface area contributed by atoms with Crippen LogP contribution in [-0.2, 0) is 19.5 Å². The van der Waals surface area contributed by atoms with Crippen LogP contribution in [0.2, 0.25) is 0 Å². The highest BCUT2D eigenvalue weighted by molar-refractivity contribution is 14.1. The van der Waals surface area contributed by atoms with E-state index in [2.05, 4.69) is 4.72 Å². The first kappa shape index (κ1) is 32.7. The Balaban J connectivity index is 2.27. The third-order valence-corrected chi connectivity index (χ3v) is 12.3. The lowest BCUT2D eigenvalue weighted by Crippen LogP contribution is -2.32. The van der Waals surface area contributed by atoms with Crippen LogP contribution in [0, 0.1) is 21.4 Å². The molecule has 0 aliphatic rings. The zero-order valence-corrected chi connectivity index (χ0v) is 30.3. The van der Waals surface area contributed by atoms with Gasteiger partial charge in [-0.2, -0.15) is 13.2 Å². The molecule has 0 spiro atoms. The third-order valence-electron chi connectivity index (χ3n) is 3.84. The number of carbonyl (C=O) groups excluding carboxylic acids is 2. The number of esters is 2. The summed E-state index contributed by atoms with van der Waals surface area (Å²) < 4.78 is 78.2. The van der Waals surface area contributed by atoms with E-state index >= 15 is 0 Å². The molecule has 1 unspecified atom stereocenters. The van der Waals surface area contributed by atoms with Crippen molar-refractivity contribution in [2.75, 3.05) is 13.2 Å². The molecule has 0 aromatic heterocycles. The van der Waals surface area contributed by atoms with Crippen LogP contribution in [0.15, 0.2) is 24.3 Å². The monoisotopic (exact) mass is 1190 g/mol. The van der Waals surface area contributed by atoms with E-state index in [4.69, 9.17) is 9.47 Å². The highest BCUT2D eigenvalue weighted by atomic mass is 127. The molecule has 2 rings (SSSR count). The summed E-state index contributed by atoms with van der Waals surface area (Å²) >= 11 is 11.9. The SMILES string of the molecule is O=C(OCC(C[N-]S(=O)(=O)C(F)(F)F)OC(=O)c1cc(I)cc(I)c1I)c1cc(I)cc(I)c1I. The fourth-order valence-corrected chi connectivity index (χ4v) is 7.51. The first-order chi connectivity index (χ1) is 16.0. The predicted molar refractivity (Wildman–Crippen MR) is 172 cm³/mol. The van der Waals surface area contributed by atoms with Gasteiger partial charge in [0, 0.05) is 21.4 Å². The van der Waals surface area contributed by atoms with Gasteiger partial charge in [-0.1, -0.05) is 6.54 Å². The van der Waals surface area contributed by atoms with E-state index in [0.717, 1.165) is 10.7 Å². The number of nitrogens with zero attached hydrogens (tertiary/aromatic N) is 1. The molecule has 0 N–H and O–H groups in total. The molecule has 7 nitrogen and oxygen atoms in total. The summed E-state index contributed by atoms with van der Waals surface area (Å²) in [4.78, 5) is 25.4. The number of hydrogen-bond donors (Lipinski definition) is 0. The Morgan fingerprint density at radius 3 is 1.77 bits per heavy atom. The minimum atomic E-state index is -5.84. The normalized spacial score (nSPS) is 12.8. The van der Waals surface area contributed by atoms with Gasteiger partial charge in [0.05, 0.1) is 11.1 Å². The molecule has 0 amide bonds. The van der Waals surface area contributed by atoms with Crippen molar-refractivity contribution in [3.05, 3.63) is 61.5 Å². The summed E-state index contributed by atoms with van der Waals surface area (Å²) in [5.74, 6) is -1.74. The summed E-state index contributed by atoms with van der Waals surface area (Å²) in [6.45, 7) is -1.80. The van der Waals surface area contributed by atoms with Crippen molar-refractivity contribution in [1.29, 1.82) is 0 Å². The second-order valence-electron chi connectivity index (χ2n) is 6.36. The topological polar surface area (TPSA) is 101 Å². The van der Waals surface area contributed by atoms with Crippen LogP contribution in [0.3, 0.4) is 0 Å². The quantitative estimate of drug-likeness (QED) is 0.162. The van der Waals surface area contributed by atoms with E-state index in [1.54, 1.807) is 12.1 Å². The summed E-state index contributed by atoms with van der Waals surface area (Å²) in [6, 6.07) is 6.70. The number of sulfonamides is 1. The van der Waals surface area contributed by atoms with Crippen molar-refractivity contribution in [2.24, 2.45) is 0 Å². The van der Waals surface area contributed by atoms with Crippen LogP contribution in [0.25, 0.3) is 4.72 Å². The Hall–Kier alpha value is 1.46. The third kappa shape index (κ3) is 9.26. The number of rotatable bonds is 8. The lowest BCUT2D eigenvalue weighted by atomic mass is 10.2. The number of carbonyl (C=O) groups is 2. The molecule has 2 aromatic carbocycles. The van der Waals surface area contributed by atoms with Gasteiger partial charge < -0.3 is 14.2 Å². The molecule has 0 saturated heterocycles. The van der Waals surface area contributed by atoms with Gasteiger partial charge in [-0.3, -0.25) is 0 Å². The van der Waals surface area contributed by atoms with Gasteiger partial charge in [0.15, 0.2) is 10.0 Å². The fourth-order valence-electron chi connectivity index (χ4n) is 2.25. The molecular weight excluding hydrogens is 1180 g/mol. The maximum atomic E-state index is 12.8. The Kier molecular flexibility index (Phi) is 12.8. The van der Waals surface area contributed by atoms with E-state index in [0.29, 0.717) is 10.7 Å². The first-order valence-corrected chi connectivity index (χ1v) is 16.6. The number of halogens is 9. The summed E-state index contributed by atoms with van der Waals surface area (Å²) in [5, 5.41) is 0. The lowest BCUT2D eigenvalue weighted by molar-refractivity contribution is -0.0429. The smallest absolute Gasteiger partial charge is 0.480 e. The van der Waals surface area contributed by atoms with Crippen LogP contribution in [0.5, 0.6) is 0 Å². The molecule has 2 aromatic rings. The zero-order chi connectivity index (χ0) is 26.7. The molecule has 0 saturated carbocycles. The highest BCUT2D eigenvalue weighted by Crippen LogP contribution is 2.29. The first-order valence-electron chi connectivity index (χ1n) is 8.70. The van der Waals surface area contributed by atoms with E-state index in [9.17, 15) is 31.2 Å². The van der Waals surface area contributed by atoms with E-state index in [1.807, 2.05) is 142 Å². The van der Waals surface area contributed by atoms with Gasteiger partial charge in [0.25, 0.3) is 0 Å². The van der Waals surface area contributed by atoms with Crippen molar-refractivity contribution in [3.63, 3.8) is 0 Å². The number of alkyl halides is 3. The predicted octanol–water partition coefficient (Wildman–Crippen LogP) is 6.92. The molecule has 0 bridgehead atoms. The number of hydrogen-bond acceptors (Lipinski definition) is 6. The molecule has 192 valence electrons. The highest BCUT2D eigenvalue weighted by Gasteiger charge is 2.39. The average Bonchev–Trinajstić information content (AvgIpc) is 2.73. The second kappa shape index (κ2) is 13.7. The van der Waals surface area contributed by atoms with Gasteiger partial charge >= 0.3 is 17.4 Å². The summed E-state index contributed by atoms with van der Waals surface area (Å²) in [7, 11) is -5.84. The van der Waals surface area contributed by atoms with Crippen LogP contribution in [0.4, 0.5) is 13.2 Å². The maximum Gasteiger partial charge on any atom is 0.480 e. The van der Waals surface area contributed by atoms with Crippen LogP contribution < -0.4 is 0 Å². The second-order valence-corrected chi connectivity index (χ2v) is 15.0. The van der Waals surface area contributed by atoms with Crippen molar-refractivity contribution in [2.45, 2.75) is 11.6 Å².